The summed E-state index contributed by atoms with van der Waals surface area (Å²) in [6.45, 7) is 0. The Morgan fingerprint density at radius 1 is 1.55 bits per heavy atom. The highest BCUT2D eigenvalue weighted by Gasteiger charge is 2.21. The van der Waals surface area contributed by atoms with Gasteiger partial charge in [0.05, 0.1) is 17.1 Å². The zero-order valence-corrected chi connectivity index (χ0v) is 10.7. The van der Waals surface area contributed by atoms with Gasteiger partial charge in [0.2, 0.25) is 5.58 Å². The van der Waals surface area contributed by atoms with Crippen LogP contribution < -0.4 is 5.55 Å². The van der Waals surface area contributed by atoms with Gasteiger partial charge in [-0.1, -0.05) is 11.6 Å². The summed E-state index contributed by atoms with van der Waals surface area (Å²) >= 11 is 5.92. The maximum absolute atomic E-state index is 11.5. The maximum Gasteiger partial charge on any atom is 0.343 e. The first kappa shape index (κ1) is 13.8. The molecule has 2 aromatic rings. The summed E-state index contributed by atoms with van der Waals surface area (Å²) < 4.78 is 9.59. The molecule has 2 rings (SSSR count). The molecule has 0 aliphatic rings. The third-order valence-electron chi connectivity index (χ3n) is 2.53. The average molecular weight is 299 g/mol. The lowest BCUT2D eigenvalue weighted by Gasteiger charge is -2.04. The Hall–Kier alpha value is -2.61. The van der Waals surface area contributed by atoms with E-state index in [1.807, 2.05) is 0 Å². The number of ether oxygens (including phenoxy) is 1. The first-order chi connectivity index (χ1) is 9.49. The van der Waals surface area contributed by atoms with E-state index < -0.39 is 16.4 Å². The number of nitro benzene ring substituents is 1. The van der Waals surface area contributed by atoms with E-state index in [9.17, 15) is 14.9 Å². The fourth-order valence-corrected chi connectivity index (χ4v) is 1.84. The summed E-state index contributed by atoms with van der Waals surface area (Å²) in [6, 6.07) is 3.65. The SMILES string of the molecule is COC(=O)c1cc2c(Cl)ccc([N+](=O)[O-])c2o/c1=N/O. The van der Waals surface area contributed by atoms with Crippen molar-refractivity contribution in [1.29, 1.82) is 0 Å². The molecule has 1 N–H and O–H groups in total. The monoisotopic (exact) mass is 298 g/mol. The summed E-state index contributed by atoms with van der Waals surface area (Å²) in [7, 11) is 1.13. The van der Waals surface area contributed by atoms with Crippen LogP contribution in [0.3, 0.4) is 0 Å². The van der Waals surface area contributed by atoms with Crippen molar-refractivity contribution in [2.45, 2.75) is 0 Å². The molecular formula is C11H7ClN2O6. The second-order valence-corrected chi connectivity index (χ2v) is 4.03. The summed E-state index contributed by atoms with van der Waals surface area (Å²) in [5, 5.41) is 22.8. The van der Waals surface area contributed by atoms with Gasteiger partial charge >= 0.3 is 11.7 Å². The Kier molecular flexibility index (Phi) is 3.57. The Morgan fingerprint density at radius 2 is 2.25 bits per heavy atom. The van der Waals surface area contributed by atoms with E-state index in [1.165, 1.54) is 12.1 Å². The van der Waals surface area contributed by atoms with E-state index in [0.29, 0.717) is 0 Å². The highest BCUT2D eigenvalue weighted by atomic mass is 35.5. The molecule has 8 nitrogen and oxygen atoms in total. The third-order valence-corrected chi connectivity index (χ3v) is 2.86. The molecule has 0 fully saturated rings. The fourth-order valence-electron chi connectivity index (χ4n) is 1.64. The highest BCUT2D eigenvalue weighted by Crippen LogP contribution is 2.30. The zero-order chi connectivity index (χ0) is 14.9. The molecule has 0 aliphatic carbocycles. The molecule has 20 heavy (non-hydrogen) atoms. The van der Waals surface area contributed by atoms with Crippen molar-refractivity contribution in [3.63, 3.8) is 0 Å². The predicted molar refractivity (Wildman–Crippen MR) is 66.6 cm³/mol. The molecule has 0 atom stereocenters. The number of esters is 1. The van der Waals surface area contributed by atoms with Gasteiger partial charge in [-0.3, -0.25) is 10.1 Å². The molecule has 0 bridgehead atoms. The first-order valence-electron chi connectivity index (χ1n) is 5.16. The minimum Gasteiger partial charge on any atom is -0.465 e. The van der Waals surface area contributed by atoms with E-state index in [4.69, 9.17) is 21.2 Å². The summed E-state index contributed by atoms with van der Waals surface area (Å²) in [5.74, 6) is -0.828. The number of nitrogens with zero attached hydrogens (tertiary/aromatic N) is 2. The highest BCUT2D eigenvalue weighted by molar-refractivity contribution is 6.35. The number of rotatable bonds is 2. The van der Waals surface area contributed by atoms with Crippen LogP contribution in [0.4, 0.5) is 5.69 Å². The van der Waals surface area contributed by atoms with Crippen molar-refractivity contribution in [1.82, 2.24) is 0 Å². The molecule has 9 heteroatoms. The maximum atomic E-state index is 11.5. The molecular weight excluding hydrogens is 292 g/mol. The van der Waals surface area contributed by atoms with Gasteiger partial charge in [-0.15, -0.1) is 0 Å². The molecule has 104 valence electrons. The number of methoxy groups -OCH3 is 1. The molecule has 1 heterocycles. The molecule has 1 aromatic carbocycles. The second-order valence-electron chi connectivity index (χ2n) is 3.62. The molecule has 0 unspecified atom stereocenters. The largest absolute Gasteiger partial charge is 0.465 e. The average Bonchev–Trinajstić information content (AvgIpc) is 2.45. The molecule has 1 aromatic heterocycles. The van der Waals surface area contributed by atoms with Crippen LogP contribution in [0.15, 0.2) is 27.8 Å². The van der Waals surface area contributed by atoms with E-state index in [1.54, 1.807) is 0 Å². The number of nitro groups is 1. The molecule has 0 saturated heterocycles. The lowest BCUT2D eigenvalue weighted by Crippen LogP contribution is -2.16. The lowest BCUT2D eigenvalue weighted by molar-refractivity contribution is -0.383. The smallest absolute Gasteiger partial charge is 0.343 e. The van der Waals surface area contributed by atoms with Crippen LogP contribution in [-0.4, -0.2) is 23.2 Å². The van der Waals surface area contributed by atoms with Crippen LogP contribution in [0.1, 0.15) is 10.4 Å². The lowest BCUT2D eigenvalue weighted by atomic mass is 10.1. The van der Waals surface area contributed by atoms with Gasteiger partial charge in [-0.25, -0.2) is 4.79 Å². The van der Waals surface area contributed by atoms with Crippen molar-refractivity contribution in [3.05, 3.63) is 44.5 Å². The predicted octanol–water partition coefficient (Wildman–Crippen LogP) is 2.07. The number of benzene rings is 1. The van der Waals surface area contributed by atoms with Crippen LogP contribution >= 0.6 is 11.6 Å². The number of carbonyl (C=O) groups excluding carboxylic acids is 1. The van der Waals surface area contributed by atoms with Crippen LogP contribution in [0.25, 0.3) is 11.0 Å². The molecule has 0 saturated carbocycles. The number of non-ortho nitro benzene ring substituents is 1. The van der Waals surface area contributed by atoms with Crippen LogP contribution in [0, 0.1) is 10.1 Å². The van der Waals surface area contributed by atoms with Crippen molar-refractivity contribution < 1.29 is 24.1 Å². The fraction of sp³-hybridized carbons (Fsp3) is 0.0909. The third kappa shape index (κ3) is 2.16. The number of carbonyl (C=O) groups is 1. The van der Waals surface area contributed by atoms with Crippen LogP contribution in [0.2, 0.25) is 5.02 Å². The number of hydrogen-bond donors (Lipinski definition) is 1. The molecule has 0 amide bonds. The van der Waals surface area contributed by atoms with Gasteiger partial charge in [0.1, 0.15) is 5.56 Å². The van der Waals surface area contributed by atoms with E-state index in [2.05, 4.69) is 9.89 Å². The summed E-state index contributed by atoms with van der Waals surface area (Å²) in [6.07, 6.45) is 0. The van der Waals surface area contributed by atoms with Crippen molar-refractivity contribution in [3.8, 4) is 0 Å². The van der Waals surface area contributed by atoms with E-state index in [0.717, 1.165) is 13.2 Å². The zero-order valence-electron chi connectivity index (χ0n) is 9.99. The molecule has 0 aliphatic heterocycles. The molecule has 0 radical (unpaired) electrons. The van der Waals surface area contributed by atoms with Gasteiger partial charge < -0.3 is 14.4 Å². The number of fused-ring (bicyclic) bond motifs is 1. The Bertz CT molecular complexity index is 782. The van der Waals surface area contributed by atoms with Crippen molar-refractivity contribution >= 4 is 34.2 Å². The van der Waals surface area contributed by atoms with Gasteiger partial charge in [0, 0.05) is 11.5 Å². The Labute approximate surface area is 116 Å². The Balaban J connectivity index is 2.94. The van der Waals surface area contributed by atoms with Crippen molar-refractivity contribution in [2.24, 2.45) is 5.16 Å². The topological polar surface area (TPSA) is 115 Å². The number of hydrogen-bond acceptors (Lipinski definition) is 7. The van der Waals surface area contributed by atoms with Crippen molar-refractivity contribution in [2.75, 3.05) is 7.11 Å². The standard InChI is InChI=1S/C11H7ClN2O6/c1-19-11(15)6-4-5-7(12)2-3-8(14(17)18)9(5)20-10(6)13-16/h2-4,16H,1H3/b13-10+. The van der Waals surface area contributed by atoms with Gasteiger partial charge in [0.15, 0.2) is 0 Å². The second kappa shape index (κ2) is 5.17. The minimum absolute atomic E-state index is 0.133. The van der Waals surface area contributed by atoms with E-state index >= 15 is 0 Å². The summed E-state index contributed by atoms with van der Waals surface area (Å²) in [5.41, 5.74) is -1.28. The van der Waals surface area contributed by atoms with E-state index in [-0.39, 0.29) is 27.2 Å². The quantitative estimate of drug-likeness (QED) is 0.393. The van der Waals surface area contributed by atoms with Crippen LogP contribution in [-0.2, 0) is 4.74 Å². The Morgan fingerprint density at radius 3 is 2.80 bits per heavy atom. The minimum atomic E-state index is -0.828. The van der Waals surface area contributed by atoms with Gasteiger partial charge in [-0.2, -0.15) is 0 Å². The summed E-state index contributed by atoms with van der Waals surface area (Å²) in [4.78, 5) is 21.8. The number of halogens is 1. The molecule has 0 spiro atoms. The normalized spacial score (nSPS) is 11.6. The van der Waals surface area contributed by atoms with Gasteiger partial charge in [-0.05, 0) is 17.3 Å². The first-order valence-corrected chi connectivity index (χ1v) is 5.54. The van der Waals surface area contributed by atoms with Gasteiger partial charge in [0.25, 0.3) is 5.55 Å². The van der Waals surface area contributed by atoms with Crippen LogP contribution in [0.5, 0.6) is 0 Å².